The second kappa shape index (κ2) is 9.21. The Kier molecular flexibility index (Phi) is 6.89. The van der Waals surface area contributed by atoms with Crippen LogP contribution in [0.5, 0.6) is 0 Å². The molecule has 29 heavy (non-hydrogen) atoms. The molecule has 0 radical (unpaired) electrons. The Labute approximate surface area is 177 Å². The molecular formula is C19H22BrFN4O3S. The van der Waals surface area contributed by atoms with Crippen LogP contribution in [0.1, 0.15) is 6.42 Å². The van der Waals surface area contributed by atoms with Crippen LogP contribution in [0.15, 0.2) is 51.8 Å². The molecule has 0 spiro atoms. The molecule has 0 aromatic heterocycles. The maximum atomic E-state index is 13.8. The van der Waals surface area contributed by atoms with Crippen LogP contribution in [-0.4, -0.2) is 51.9 Å². The number of carbonyl (C=O) groups is 1. The van der Waals surface area contributed by atoms with Crippen molar-refractivity contribution >= 4 is 43.2 Å². The number of halogens is 2. The molecule has 0 unspecified atom stereocenters. The molecular weight excluding hydrogens is 463 g/mol. The third-order valence-electron chi connectivity index (χ3n) is 4.76. The van der Waals surface area contributed by atoms with Crippen LogP contribution in [0.4, 0.5) is 15.8 Å². The highest BCUT2D eigenvalue weighted by molar-refractivity contribution is 9.10. The standard InChI is InChI=1S/C19H22BrFN4O3S/c20-14-1-6-18(17(21)13-14)23-19(26)7-8-24-9-11-25(12-10-24)15-2-4-16(5-3-15)29(22,27)28/h1-6,13H,7-12H2,(H,23,26)(H2,22,27,28). The number of nitrogens with one attached hydrogen (secondary N) is 1. The number of primary sulfonamides is 1. The summed E-state index contributed by atoms with van der Waals surface area (Å²) in [6.45, 7) is 3.66. The molecule has 7 nitrogen and oxygen atoms in total. The molecule has 1 aliphatic rings. The Bertz CT molecular complexity index is 977. The van der Waals surface area contributed by atoms with Crippen LogP contribution >= 0.6 is 15.9 Å². The molecule has 0 atom stereocenters. The van der Waals surface area contributed by atoms with Gasteiger partial charge in [-0.25, -0.2) is 17.9 Å². The molecule has 3 rings (SSSR count). The lowest BCUT2D eigenvalue weighted by atomic mass is 10.2. The van der Waals surface area contributed by atoms with Crippen molar-refractivity contribution in [1.82, 2.24) is 4.90 Å². The predicted molar refractivity (Wildman–Crippen MR) is 114 cm³/mol. The van der Waals surface area contributed by atoms with Crippen molar-refractivity contribution in [2.24, 2.45) is 5.14 Å². The Morgan fingerprint density at radius 3 is 2.34 bits per heavy atom. The van der Waals surface area contributed by atoms with Crippen LogP contribution in [0.3, 0.4) is 0 Å². The Balaban J connectivity index is 1.45. The van der Waals surface area contributed by atoms with E-state index in [-0.39, 0.29) is 22.9 Å². The van der Waals surface area contributed by atoms with Crippen molar-refractivity contribution in [3.05, 3.63) is 52.8 Å². The van der Waals surface area contributed by atoms with Crippen molar-refractivity contribution in [2.45, 2.75) is 11.3 Å². The summed E-state index contributed by atoms with van der Waals surface area (Å²) < 4.78 is 37.1. The third-order valence-corrected chi connectivity index (χ3v) is 6.19. The number of rotatable bonds is 6. The van der Waals surface area contributed by atoms with Gasteiger partial charge in [0.15, 0.2) is 0 Å². The number of carbonyl (C=O) groups excluding carboxylic acids is 1. The van der Waals surface area contributed by atoms with Crippen LogP contribution < -0.4 is 15.4 Å². The van der Waals surface area contributed by atoms with Gasteiger partial charge in [0, 0.05) is 49.3 Å². The van der Waals surface area contributed by atoms with E-state index in [9.17, 15) is 17.6 Å². The van der Waals surface area contributed by atoms with Crippen molar-refractivity contribution < 1.29 is 17.6 Å². The highest BCUT2D eigenvalue weighted by atomic mass is 79.9. The number of sulfonamides is 1. The Morgan fingerprint density at radius 1 is 1.10 bits per heavy atom. The van der Waals surface area contributed by atoms with Gasteiger partial charge in [-0.1, -0.05) is 15.9 Å². The number of nitrogens with zero attached hydrogens (tertiary/aromatic N) is 2. The molecule has 0 saturated carbocycles. The topological polar surface area (TPSA) is 95.7 Å². The van der Waals surface area contributed by atoms with Crippen molar-refractivity contribution in [1.29, 1.82) is 0 Å². The van der Waals surface area contributed by atoms with Crippen molar-refractivity contribution in [3.63, 3.8) is 0 Å². The van der Waals surface area contributed by atoms with Crippen LogP contribution in [0.2, 0.25) is 0 Å². The maximum Gasteiger partial charge on any atom is 0.238 e. The summed E-state index contributed by atoms with van der Waals surface area (Å²) in [6, 6.07) is 11.0. The molecule has 10 heteroatoms. The molecule has 2 aromatic rings. The number of nitrogens with two attached hydrogens (primary N) is 1. The second-order valence-corrected chi connectivity index (χ2v) is 9.27. The first kappa shape index (κ1) is 21.7. The largest absolute Gasteiger partial charge is 0.369 e. The Hall–Kier alpha value is -2.01. The zero-order valence-electron chi connectivity index (χ0n) is 15.6. The molecule has 0 aliphatic carbocycles. The molecule has 1 amide bonds. The van der Waals surface area contributed by atoms with E-state index in [1.165, 1.54) is 24.3 Å². The van der Waals surface area contributed by atoms with Gasteiger partial charge in [-0.2, -0.15) is 0 Å². The van der Waals surface area contributed by atoms with Crippen LogP contribution in [0.25, 0.3) is 0 Å². The minimum atomic E-state index is -3.69. The number of hydrogen-bond donors (Lipinski definition) is 2. The molecule has 1 heterocycles. The lowest BCUT2D eigenvalue weighted by Gasteiger charge is -2.36. The minimum absolute atomic E-state index is 0.0908. The van der Waals surface area contributed by atoms with Gasteiger partial charge in [-0.15, -0.1) is 0 Å². The summed E-state index contributed by atoms with van der Waals surface area (Å²) in [5.74, 6) is -0.706. The predicted octanol–water partition coefficient (Wildman–Crippen LogP) is 2.39. The maximum absolute atomic E-state index is 13.8. The highest BCUT2D eigenvalue weighted by Gasteiger charge is 2.19. The summed E-state index contributed by atoms with van der Waals surface area (Å²) in [7, 11) is -3.69. The molecule has 3 N–H and O–H groups in total. The van der Waals surface area contributed by atoms with Crippen molar-refractivity contribution in [3.8, 4) is 0 Å². The van der Waals surface area contributed by atoms with Gasteiger partial charge < -0.3 is 10.2 Å². The summed E-state index contributed by atoms with van der Waals surface area (Å²) in [6.07, 6.45) is 0.276. The first-order valence-electron chi connectivity index (χ1n) is 9.07. The summed E-state index contributed by atoms with van der Waals surface area (Å²) in [4.78, 5) is 16.5. The Morgan fingerprint density at radius 2 is 1.76 bits per heavy atom. The highest BCUT2D eigenvalue weighted by Crippen LogP contribution is 2.20. The summed E-state index contributed by atoms with van der Waals surface area (Å²) >= 11 is 3.18. The van der Waals surface area contributed by atoms with E-state index >= 15 is 0 Å². The van der Waals surface area contributed by atoms with E-state index in [2.05, 4.69) is 31.0 Å². The van der Waals surface area contributed by atoms with Gasteiger partial charge in [0.25, 0.3) is 0 Å². The number of anilines is 2. The molecule has 156 valence electrons. The van der Waals surface area contributed by atoms with Crippen LogP contribution in [-0.2, 0) is 14.8 Å². The average Bonchev–Trinajstić information content (AvgIpc) is 2.68. The molecule has 0 bridgehead atoms. The lowest BCUT2D eigenvalue weighted by molar-refractivity contribution is -0.116. The fourth-order valence-electron chi connectivity index (χ4n) is 3.14. The van der Waals surface area contributed by atoms with E-state index in [4.69, 9.17) is 5.14 Å². The zero-order valence-corrected chi connectivity index (χ0v) is 18.0. The normalized spacial score (nSPS) is 15.3. The van der Waals surface area contributed by atoms with E-state index in [1.807, 2.05) is 0 Å². The molecule has 1 saturated heterocycles. The first-order valence-corrected chi connectivity index (χ1v) is 11.4. The fourth-order valence-corrected chi connectivity index (χ4v) is 3.99. The molecule has 2 aromatic carbocycles. The lowest BCUT2D eigenvalue weighted by Crippen LogP contribution is -2.47. The van der Waals surface area contributed by atoms with Gasteiger partial charge in [0.1, 0.15) is 5.82 Å². The minimum Gasteiger partial charge on any atom is -0.369 e. The quantitative estimate of drug-likeness (QED) is 0.655. The van der Waals surface area contributed by atoms with Gasteiger partial charge in [-0.3, -0.25) is 9.69 Å². The molecule has 1 aliphatic heterocycles. The summed E-state index contributed by atoms with van der Waals surface area (Å²) in [5, 5.41) is 7.72. The van der Waals surface area contributed by atoms with Gasteiger partial charge in [-0.05, 0) is 42.5 Å². The van der Waals surface area contributed by atoms with Crippen molar-refractivity contribution in [2.75, 3.05) is 42.9 Å². The van der Waals surface area contributed by atoms with E-state index in [1.54, 1.807) is 18.2 Å². The number of amides is 1. The van der Waals surface area contributed by atoms with Gasteiger partial charge in [0.05, 0.1) is 10.6 Å². The second-order valence-electron chi connectivity index (χ2n) is 6.79. The average molecular weight is 485 g/mol. The van der Waals surface area contributed by atoms with Crippen LogP contribution in [0, 0.1) is 5.82 Å². The fraction of sp³-hybridized carbons (Fsp3) is 0.316. The molecule has 1 fully saturated rings. The van der Waals surface area contributed by atoms with E-state index in [0.717, 1.165) is 31.9 Å². The van der Waals surface area contributed by atoms with E-state index in [0.29, 0.717) is 11.0 Å². The summed E-state index contributed by atoms with van der Waals surface area (Å²) in [5.41, 5.74) is 1.10. The monoisotopic (exact) mass is 484 g/mol. The third kappa shape index (κ3) is 5.99. The first-order chi connectivity index (χ1) is 13.7. The van der Waals surface area contributed by atoms with E-state index < -0.39 is 15.8 Å². The zero-order chi connectivity index (χ0) is 21.0. The number of hydrogen-bond acceptors (Lipinski definition) is 5. The van der Waals surface area contributed by atoms with Gasteiger partial charge in [0.2, 0.25) is 15.9 Å². The number of piperazine rings is 1. The SMILES string of the molecule is NS(=O)(=O)c1ccc(N2CCN(CCC(=O)Nc3ccc(Br)cc3F)CC2)cc1. The van der Waals surface area contributed by atoms with Gasteiger partial charge >= 0.3 is 0 Å². The number of benzene rings is 2. The smallest absolute Gasteiger partial charge is 0.238 e.